The molecular formula is C20H18N4O3S2. The molecule has 148 valence electrons. The summed E-state index contributed by atoms with van der Waals surface area (Å²) < 4.78 is 13.4. The molecule has 0 fully saturated rings. The molecule has 4 rings (SSSR count). The van der Waals surface area contributed by atoms with E-state index >= 15 is 0 Å². The highest BCUT2D eigenvalue weighted by Crippen LogP contribution is 2.26. The normalized spacial score (nSPS) is 10.8. The zero-order chi connectivity index (χ0) is 20.1. The maximum Gasteiger partial charge on any atom is 0.291 e. The second-order valence-electron chi connectivity index (χ2n) is 6.09. The number of nitrogens with one attached hydrogen (secondary N) is 1. The molecule has 4 aromatic rings. The van der Waals surface area contributed by atoms with Gasteiger partial charge in [-0.2, -0.15) is 0 Å². The molecule has 3 heterocycles. The molecule has 0 radical (unpaired) electrons. The molecule has 0 aliphatic rings. The summed E-state index contributed by atoms with van der Waals surface area (Å²) in [5.74, 6) is 1.78. The highest BCUT2D eigenvalue weighted by molar-refractivity contribution is 7.98. The lowest BCUT2D eigenvalue weighted by Crippen LogP contribution is -2.12. The van der Waals surface area contributed by atoms with E-state index in [1.165, 1.54) is 11.3 Å². The van der Waals surface area contributed by atoms with Gasteiger partial charge in [-0.15, -0.1) is 11.3 Å². The van der Waals surface area contributed by atoms with Gasteiger partial charge in [0.2, 0.25) is 0 Å². The molecular weight excluding hydrogens is 408 g/mol. The van der Waals surface area contributed by atoms with E-state index in [-0.39, 0.29) is 11.7 Å². The van der Waals surface area contributed by atoms with Crippen molar-refractivity contribution in [3.05, 3.63) is 76.9 Å². The predicted octanol–water partition coefficient (Wildman–Crippen LogP) is 4.59. The average molecular weight is 427 g/mol. The molecule has 0 atom stereocenters. The van der Waals surface area contributed by atoms with Crippen LogP contribution < -0.4 is 10.1 Å². The van der Waals surface area contributed by atoms with Crippen molar-refractivity contribution in [3.8, 4) is 5.75 Å². The molecule has 3 aromatic heterocycles. The lowest BCUT2D eigenvalue weighted by Gasteiger charge is -2.11. The van der Waals surface area contributed by atoms with Crippen molar-refractivity contribution in [3.63, 3.8) is 0 Å². The number of imidazole rings is 1. The van der Waals surface area contributed by atoms with Crippen molar-refractivity contribution < 1.29 is 13.9 Å². The maximum atomic E-state index is 12.6. The number of ether oxygens (including phenoxy) is 1. The summed E-state index contributed by atoms with van der Waals surface area (Å²) in [5, 5.41) is 5.66. The van der Waals surface area contributed by atoms with Gasteiger partial charge in [0.25, 0.3) is 5.91 Å². The Hall–Kier alpha value is -3.04. The second-order valence-corrected chi connectivity index (χ2v) is 7.76. The van der Waals surface area contributed by atoms with Gasteiger partial charge in [0.15, 0.2) is 10.9 Å². The van der Waals surface area contributed by atoms with Crippen LogP contribution in [0.2, 0.25) is 0 Å². The molecule has 0 aliphatic heterocycles. The second kappa shape index (κ2) is 8.97. The SMILES string of the molecule is Cn1ccnc1SCc1ccc(C(=O)Nc2ccccc2OCc2cscn2)o1. The van der Waals surface area contributed by atoms with Gasteiger partial charge in [0, 0.05) is 24.8 Å². The first kappa shape index (κ1) is 19.3. The number of anilines is 1. The van der Waals surface area contributed by atoms with Crippen molar-refractivity contribution in [1.82, 2.24) is 14.5 Å². The first-order valence-corrected chi connectivity index (χ1v) is 10.7. The molecule has 1 aromatic carbocycles. The van der Waals surface area contributed by atoms with Gasteiger partial charge in [-0.3, -0.25) is 4.79 Å². The van der Waals surface area contributed by atoms with Crippen molar-refractivity contribution in [2.45, 2.75) is 17.5 Å². The van der Waals surface area contributed by atoms with E-state index in [1.54, 1.807) is 47.7 Å². The number of carbonyl (C=O) groups is 1. The zero-order valence-corrected chi connectivity index (χ0v) is 17.2. The molecule has 1 amide bonds. The number of hydrogen-bond acceptors (Lipinski definition) is 7. The molecule has 0 saturated carbocycles. The summed E-state index contributed by atoms with van der Waals surface area (Å²) in [4.78, 5) is 21.1. The molecule has 7 nitrogen and oxygen atoms in total. The Morgan fingerprint density at radius 3 is 2.97 bits per heavy atom. The summed E-state index contributed by atoms with van der Waals surface area (Å²) in [6.07, 6.45) is 3.63. The molecule has 0 bridgehead atoms. The minimum Gasteiger partial charge on any atom is -0.485 e. The number of carbonyl (C=O) groups excluding carboxylic acids is 1. The number of thioether (sulfide) groups is 1. The van der Waals surface area contributed by atoms with Crippen LogP contribution in [0.25, 0.3) is 0 Å². The van der Waals surface area contributed by atoms with Crippen LogP contribution in [0.5, 0.6) is 5.75 Å². The monoisotopic (exact) mass is 426 g/mol. The maximum absolute atomic E-state index is 12.6. The van der Waals surface area contributed by atoms with Crippen LogP contribution in [0.1, 0.15) is 22.0 Å². The van der Waals surface area contributed by atoms with Crippen molar-refractivity contribution >= 4 is 34.7 Å². The van der Waals surface area contributed by atoms with Crippen molar-refractivity contribution in [2.75, 3.05) is 5.32 Å². The number of aryl methyl sites for hydroxylation is 1. The third kappa shape index (κ3) is 4.87. The fraction of sp³-hybridized carbons (Fsp3) is 0.150. The molecule has 0 saturated heterocycles. The van der Waals surface area contributed by atoms with Crippen LogP contribution in [0.15, 0.2) is 69.3 Å². The van der Waals surface area contributed by atoms with Crippen LogP contribution in [-0.2, 0) is 19.4 Å². The Labute approximate surface area is 175 Å². The lowest BCUT2D eigenvalue weighted by atomic mass is 10.3. The van der Waals surface area contributed by atoms with E-state index in [4.69, 9.17) is 9.15 Å². The van der Waals surface area contributed by atoms with Crippen molar-refractivity contribution in [2.24, 2.45) is 7.05 Å². The van der Waals surface area contributed by atoms with Gasteiger partial charge in [0.1, 0.15) is 18.1 Å². The number of rotatable bonds is 8. The smallest absolute Gasteiger partial charge is 0.291 e. The summed E-state index contributed by atoms with van der Waals surface area (Å²) in [6, 6.07) is 10.8. The molecule has 0 spiro atoms. The van der Waals surface area contributed by atoms with Gasteiger partial charge in [0.05, 0.1) is 22.6 Å². The largest absolute Gasteiger partial charge is 0.485 e. The first-order valence-electron chi connectivity index (χ1n) is 8.78. The van der Waals surface area contributed by atoms with Gasteiger partial charge >= 0.3 is 0 Å². The van der Waals surface area contributed by atoms with Gasteiger partial charge in [-0.05, 0) is 24.3 Å². The minimum atomic E-state index is -0.331. The van der Waals surface area contributed by atoms with Gasteiger partial charge in [-0.25, -0.2) is 9.97 Å². The van der Waals surface area contributed by atoms with E-state index < -0.39 is 0 Å². The molecule has 0 unspecified atom stereocenters. The third-order valence-corrected chi connectivity index (χ3v) is 5.72. The van der Waals surface area contributed by atoms with Crippen LogP contribution in [0.3, 0.4) is 0 Å². The Morgan fingerprint density at radius 2 is 2.17 bits per heavy atom. The van der Waals surface area contributed by atoms with E-state index in [2.05, 4.69) is 15.3 Å². The van der Waals surface area contributed by atoms with E-state index in [9.17, 15) is 4.79 Å². The number of nitrogens with zero attached hydrogens (tertiary/aromatic N) is 3. The predicted molar refractivity (Wildman–Crippen MR) is 112 cm³/mol. The van der Waals surface area contributed by atoms with Crippen LogP contribution in [-0.4, -0.2) is 20.4 Å². The summed E-state index contributed by atoms with van der Waals surface area (Å²) in [6.45, 7) is 0.339. The van der Waals surface area contributed by atoms with Crippen LogP contribution in [0.4, 0.5) is 5.69 Å². The number of amides is 1. The summed E-state index contributed by atoms with van der Waals surface area (Å²) in [7, 11) is 1.93. The Kier molecular flexibility index (Phi) is 5.97. The van der Waals surface area contributed by atoms with Crippen LogP contribution >= 0.6 is 23.1 Å². The minimum absolute atomic E-state index is 0.245. The number of thiazole rings is 1. The molecule has 0 aliphatic carbocycles. The number of furan rings is 1. The number of para-hydroxylation sites is 2. The van der Waals surface area contributed by atoms with Crippen molar-refractivity contribution in [1.29, 1.82) is 0 Å². The molecule has 1 N–H and O–H groups in total. The van der Waals surface area contributed by atoms with Gasteiger partial charge < -0.3 is 19.0 Å². The average Bonchev–Trinajstić information content (AvgIpc) is 3.48. The Bertz CT molecular complexity index is 1090. The van der Waals surface area contributed by atoms with Gasteiger partial charge in [-0.1, -0.05) is 23.9 Å². The highest BCUT2D eigenvalue weighted by atomic mass is 32.2. The van der Waals surface area contributed by atoms with E-state index in [0.717, 1.165) is 10.9 Å². The fourth-order valence-electron chi connectivity index (χ4n) is 2.54. The number of benzene rings is 1. The number of hydrogen-bond donors (Lipinski definition) is 1. The molecule has 29 heavy (non-hydrogen) atoms. The number of aromatic nitrogens is 3. The highest BCUT2D eigenvalue weighted by Gasteiger charge is 2.14. The lowest BCUT2D eigenvalue weighted by molar-refractivity contribution is 0.0994. The fourth-order valence-corrected chi connectivity index (χ4v) is 3.91. The quantitative estimate of drug-likeness (QED) is 0.415. The summed E-state index contributed by atoms with van der Waals surface area (Å²) in [5.41, 5.74) is 3.18. The van der Waals surface area contributed by atoms with E-state index in [0.29, 0.717) is 29.6 Å². The first-order chi connectivity index (χ1) is 14.2. The molecule has 9 heteroatoms. The Balaban J connectivity index is 1.38. The topological polar surface area (TPSA) is 82.2 Å². The third-order valence-electron chi connectivity index (χ3n) is 4.00. The van der Waals surface area contributed by atoms with Crippen LogP contribution in [0, 0.1) is 0 Å². The Morgan fingerprint density at radius 1 is 1.28 bits per heavy atom. The standard InChI is InChI=1S/C20H18N4O3S2/c1-24-9-8-21-20(24)29-12-15-6-7-18(27-15)19(25)23-16-4-2-3-5-17(16)26-10-14-11-28-13-22-14/h2-9,11,13H,10,12H2,1H3,(H,23,25). The summed E-state index contributed by atoms with van der Waals surface area (Å²) >= 11 is 3.06. The zero-order valence-electron chi connectivity index (χ0n) is 15.6. The van der Waals surface area contributed by atoms with E-state index in [1.807, 2.05) is 35.3 Å².